The maximum atomic E-state index is 6.31. The van der Waals surface area contributed by atoms with E-state index in [0.29, 0.717) is 0 Å². The van der Waals surface area contributed by atoms with Gasteiger partial charge in [0.05, 0.1) is 11.4 Å². The highest BCUT2D eigenvalue weighted by molar-refractivity contribution is 6.31. The lowest BCUT2D eigenvalue weighted by Gasteiger charge is -2.12. The van der Waals surface area contributed by atoms with Crippen LogP contribution >= 0.6 is 11.6 Å². The van der Waals surface area contributed by atoms with E-state index in [9.17, 15) is 0 Å². The number of aryl methyl sites for hydroxylation is 1. The zero-order valence-electron chi connectivity index (χ0n) is 13.5. The third-order valence-corrected chi connectivity index (χ3v) is 4.86. The standard InChI is InChI=1S/C18H24ClN3/c1-3-4-10-16-14-8-5-6-12-20-18(14)22(21-16)17-11-7-9-15(19)13(17)2/h7,9,11,20H,3-6,8,10,12H2,1-2H3. The van der Waals surface area contributed by atoms with Gasteiger partial charge >= 0.3 is 0 Å². The van der Waals surface area contributed by atoms with Crippen molar-refractivity contribution in [3.63, 3.8) is 0 Å². The van der Waals surface area contributed by atoms with Crippen LogP contribution in [-0.2, 0) is 12.8 Å². The van der Waals surface area contributed by atoms with Crippen molar-refractivity contribution in [3.8, 4) is 5.69 Å². The van der Waals surface area contributed by atoms with Gasteiger partial charge in [-0.05, 0) is 56.7 Å². The predicted molar refractivity (Wildman–Crippen MR) is 93.4 cm³/mol. The Hall–Kier alpha value is -1.48. The van der Waals surface area contributed by atoms with Gasteiger partial charge in [0, 0.05) is 17.1 Å². The van der Waals surface area contributed by atoms with Crippen molar-refractivity contribution < 1.29 is 0 Å². The number of halogens is 1. The van der Waals surface area contributed by atoms with Crippen molar-refractivity contribution in [3.05, 3.63) is 40.0 Å². The average Bonchev–Trinajstić information content (AvgIpc) is 2.70. The SMILES string of the molecule is CCCCc1nn(-c2cccc(Cl)c2C)c2c1CCCCN2. The van der Waals surface area contributed by atoms with Crippen LogP contribution in [-0.4, -0.2) is 16.3 Å². The first-order valence-corrected chi connectivity index (χ1v) is 8.70. The number of nitrogens with one attached hydrogen (secondary N) is 1. The van der Waals surface area contributed by atoms with Crippen molar-refractivity contribution in [2.24, 2.45) is 0 Å². The van der Waals surface area contributed by atoms with Gasteiger partial charge in [-0.25, -0.2) is 4.68 Å². The second-order valence-electron chi connectivity index (χ2n) is 6.06. The molecule has 1 aromatic heterocycles. The van der Waals surface area contributed by atoms with Crippen LogP contribution in [0.5, 0.6) is 0 Å². The molecular formula is C18H24ClN3. The molecule has 22 heavy (non-hydrogen) atoms. The normalized spacial score (nSPS) is 14.3. The highest BCUT2D eigenvalue weighted by Gasteiger charge is 2.21. The van der Waals surface area contributed by atoms with E-state index in [4.69, 9.17) is 16.7 Å². The molecule has 0 saturated heterocycles. The molecular weight excluding hydrogens is 294 g/mol. The molecule has 0 spiro atoms. The van der Waals surface area contributed by atoms with Crippen molar-refractivity contribution in [1.29, 1.82) is 0 Å². The Bertz CT molecular complexity index is 661. The molecule has 0 saturated carbocycles. The minimum absolute atomic E-state index is 0.797. The molecule has 1 aliphatic heterocycles. The topological polar surface area (TPSA) is 29.9 Å². The molecule has 0 bridgehead atoms. The number of benzene rings is 1. The number of hydrogen-bond acceptors (Lipinski definition) is 2. The van der Waals surface area contributed by atoms with Gasteiger partial charge in [-0.3, -0.25) is 0 Å². The minimum Gasteiger partial charge on any atom is -0.370 e. The highest BCUT2D eigenvalue weighted by atomic mass is 35.5. The molecule has 3 rings (SSSR count). The van der Waals surface area contributed by atoms with Crippen LogP contribution < -0.4 is 5.32 Å². The molecule has 2 aromatic rings. The number of fused-ring (bicyclic) bond motifs is 1. The van der Waals surface area contributed by atoms with Crippen LogP contribution in [0.4, 0.5) is 5.82 Å². The summed E-state index contributed by atoms with van der Waals surface area (Å²) in [6.45, 7) is 5.31. The fourth-order valence-electron chi connectivity index (χ4n) is 3.12. The summed E-state index contributed by atoms with van der Waals surface area (Å²) in [4.78, 5) is 0. The third kappa shape index (κ3) is 2.87. The van der Waals surface area contributed by atoms with E-state index in [-0.39, 0.29) is 0 Å². The summed E-state index contributed by atoms with van der Waals surface area (Å²) in [6.07, 6.45) is 7.03. The summed E-state index contributed by atoms with van der Waals surface area (Å²) < 4.78 is 2.08. The molecule has 0 amide bonds. The fourth-order valence-corrected chi connectivity index (χ4v) is 3.29. The van der Waals surface area contributed by atoms with Crippen LogP contribution in [0.1, 0.15) is 49.4 Å². The lowest BCUT2D eigenvalue weighted by molar-refractivity contribution is 0.727. The number of hydrogen-bond donors (Lipinski definition) is 1. The fraction of sp³-hybridized carbons (Fsp3) is 0.500. The summed E-state index contributed by atoms with van der Waals surface area (Å²) in [5.41, 5.74) is 4.83. The van der Waals surface area contributed by atoms with Crippen molar-refractivity contribution in [2.45, 2.75) is 52.4 Å². The molecule has 0 fully saturated rings. The number of aromatic nitrogens is 2. The van der Waals surface area contributed by atoms with E-state index >= 15 is 0 Å². The monoisotopic (exact) mass is 317 g/mol. The Labute approximate surface area is 137 Å². The smallest absolute Gasteiger partial charge is 0.133 e. The van der Waals surface area contributed by atoms with Gasteiger partial charge in [0.1, 0.15) is 5.82 Å². The maximum absolute atomic E-state index is 6.31. The van der Waals surface area contributed by atoms with Gasteiger partial charge in [-0.15, -0.1) is 0 Å². The predicted octanol–water partition coefficient (Wildman–Crippen LogP) is 4.92. The van der Waals surface area contributed by atoms with Crippen LogP contribution in [0.2, 0.25) is 5.02 Å². The number of nitrogens with zero attached hydrogens (tertiary/aromatic N) is 2. The maximum Gasteiger partial charge on any atom is 0.133 e. The number of rotatable bonds is 4. The minimum atomic E-state index is 0.797. The Morgan fingerprint density at radius 1 is 1.32 bits per heavy atom. The summed E-state index contributed by atoms with van der Waals surface area (Å²) in [6, 6.07) is 6.04. The van der Waals surface area contributed by atoms with Crippen molar-refractivity contribution >= 4 is 17.4 Å². The zero-order chi connectivity index (χ0) is 15.5. The first kappa shape index (κ1) is 15.4. The molecule has 1 aromatic carbocycles. The van der Waals surface area contributed by atoms with Gasteiger partial charge in [0.15, 0.2) is 0 Å². The van der Waals surface area contributed by atoms with Crippen molar-refractivity contribution in [1.82, 2.24) is 9.78 Å². The van der Waals surface area contributed by atoms with E-state index in [0.717, 1.165) is 35.7 Å². The first-order valence-electron chi connectivity index (χ1n) is 8.32. The second kappa shape index (κ2) is 6.74. The van der Waals surface area contributed by atoms with E-state index in [1.807, 2.05) is 12.1 Å². The Balaban J connectivity index is 2.10. The van der Waals surface area contributed by atoms with Gasteiger partial charge in [0.25, 0.3) is 0 Å². The quantitative estimate of drug-likeness (QED) is 0.867. The molecule has 2 heterocycles. The number of unbranched alkanes of at least 4 members (excludes halogenated alkanes) is 1. The van der Waals surface area contributed by atoms with Gasteiger partial charge in [0.2, 0.25) is 0 Å². The summed E-state index contributed by atoms with van der Waals surface area (Å²) in [7, 11) is 0. The molecule has 0 unspecified atom stereocenters. The number of anilines is 1. The van der Waals surface area contributed by atoms with E-state index < -0.39 is 0 Å². The van der Waals surface area contributed by atoms with Gasteiger partial charge in [-0.2, -0.15) is 5.10 Å². The zero-order valence-corrected chi connectivity index (χ0v) is 14.2. The Morgan fingerprint density at radius 3 is 3.00 bits per heavy atom. The summed E-state index contributed by atoms with van der Waals surface area (Å²) in [5, 5.41) is 9.33. The lowest BCUT2D eigenvalue weighted by Crippen LogP contribution is -2.08. The van der Waals surface area contributed by atoms with Gasteiger partial charge < -0.3 is 5.32 Å². The molecule has 1 N–H and O–H groups in total. The second-order valence-corrected chi connectivity index (χ2v) is 6.46. The molecule has 0 aliphatic carbocycles. The van der Waals surface area contributed by atoms with E-state index in [2.05, 4.69) is 29.9 Å². The van der Waals surface area contributed by atoms with Crippen LogP contribution in [0.3, 0.4) is 0 Å². The van der Waals surface area contributed by atoms with E-state index in [1.165, 1.54) is 42.8 Å². The van der Waals surface area contributed by atoms with Crippen LogP contribution in [0.25, 0.3) is 5.69 Å². The lowest BCUT2D eigenvalue weighted by atomic mass is 10.1. The largest absolute Gasteiger partial charge is 0.370 e. The van der Waals surface area contributed by atoms with Crippen molar-refractivity contribution in [2.75, 3.05) is 11.9 Å². The molecule has 1 aliphatic rings. The Morgan fingerprint density at radius 2 is 2.18 bits per heavy atom. The molecule has 0 radical (unpaired) electrons. The summed E-state index contributed by atoms with van der Waals surface area (Å²) >= 11 is 6.31. The first-order chi connectivity index (χ1) is 10.7. The molecule has 0 atom stereocenters. The van der Waals surface area contributed by atoms with Crippen LogP contribution in [0, 0.1) is 6.92 Å². The molecule has 4 heteroatoms. The van der Waals surface area contributed by atoms with Gasteiger partial charge in [-0.1, -0.05) is 31.0 Å². The molecule has 118 valence electrons. The third-order valence-electron chi connectivity index (χ3n) is 4.45. The van der Waals surface area contributed by atoms with E-state index in [1.54, 1.807) is 0 Å². The Kier molecular flexibility index (Phi) is 4.72. The van der Waals surface area contributed by atoms with Crippen LogP contribution in [0.15, 0.2) is 18.2 Å². The molecule has 3 nitrogen and oxygen atoms in total. The highest BCUT2D eigenvalue weighted by Crippen LogP contribution is 2.31. The summed E-state index contributed by atoms with van der Waals surface area (Å²) in [5.74, 6) is 1.17. The average molecular weight is 318 g/mol.